The standard InChI is InChI=1S/C12H14ClN3O3S2/c1-8(17)16-12(2,20-11(14)15-16)7-21(18,19)10-5-3-9(13)4-6-10/h3-6H,7H2,1-2H3,(H2,14,15). The van der Waals surface area contributed by atoms with E-state index < -0.39 is 14.7 Å². The molecule has 0 bridgehead atoms. The molecule has 1 amide bonds. The Bertz CT molecular complexity index is 703. The smallest absolute Gasteiger partial charge is 0.240 e. The highest BCUT2D eigenvalue weighted by molar-refractivity contribution is 8.15. The van der Waals surface area contributed by atoms with Crippen LogP contribution in [0.1, 0.15) is 13.8 Å². The number of amides is 1. The maximum absolute atomic E-state index is 12.5. The van der Waals surface area contributed by atoms with Crippen molar-refractivity contribution in [1.29, 1.82) is 0 Å². The largest absolute Gasteiger partial charge is 0.377 e. The number of benzene rings is 1. The topological polar surface area (TPSA) is 92.8 Å². The minimum Gasteiger partial charge on any atom is -0.377 e. The molecule has 0 aliphatic carbocycles. The Balaban J connectivity index is 2.32. The molecule has 1 unspecified atom stereocenters. The molecule has 2 N–H and O–H groups in total. The van der Waals surface area contributed by atoms with Gasteiger partial charge in [0.15, 0.2) is 15.0 Å². The molecule has 1 atom stereocenters. The highest BCUT2D eigenvalue weighted by atomic mass is 35.5. The molecule has 2 rings (SSSR count). The van der Waals surface area contributed by atoms with E-state index in [-0.39, 0.29) is 21.7 Å². The number of sulfone groups is 1. The number of amidine groups is 1. The zero-order valence-electron chi connectivity index (χ0n) is 11.4. The molecule has 0 radical (unpaired) electrons. The van der Waals surface area contributed by atoms with Gasteiger partial charge in [0, 0.05) is 11.9 Å². The molecule has 9 heteroatoms. The Kier molecular flexibility index (Phi) is 4.23. The average molecular weight is 348 g/mol. The Labute approximate surface area is 132 Å². The van der Waals surface area contributed by atoms with Gasteiger partial charge in [0.2, 0.25) is 5.91 Å². The lowest BCUT2D eigenvalue weighted by atomic mass is 10.3. The van der Waals surface area contributed by atoms with Crippen LogP contribution in [0.15, 0.2) is 34.3 Å². The first-order valence-electron chi connectivity index (χ1n) is 5.96. The first-order valence-corrected chi connectivity index (χ1v) is 8.81. The first-order chi connectivity index (χ1) is 9.64. The van der Waals surface area contributed by atoms with E-state index in [4.69, 9.17) is 17.3 Å². The number of hydrogen-bond acceptors (Lipinski definition) is 6. The van der Waals surface area contributed by atoms with Crippen molar-refractivity contribution in [2.24, 2.45) is 10.8 Å². The summed E-state index contributed by atoms with van der Waals surface area (Å²) < 4.78 is 25.0. The van der Waals surface area contributed by atoms with Gasteiger partial charge < -0.3 is 5.73 Å². The predicted molar refractivity (Wildman–Crippen MR) is 83.6 cm³/mol. The summed E-state index contributed by atoms with van der Waals surface area (Å²) in [6.45, 7) is 2.94. The summed E-state index contributed by atoms with van der Waals surface area (Å²) in [5, 5.41) is 5.62. The third-order valence-electron chi connectivity index (χ3n) is 2.90. The van der Waals surface area contributed by atoms with Crippen molar-refractivity contribution in [1.82, 2.24) is 5.01 Å². The zero-order chi connectivity index (χ0) is 15.8. The number of nitrogens with zero attached hydrogens (tertiary/aromatic N) is 2. The Morgan fingerprint density at radius 2 is 2.00 bits per heavy atom. The van der Waals surface area contributed by atoms with Gasteiger partial charge in [-0.2, -0.15) is 0 Å². The summed E-state index contributed by atoms with van der Waals surface area (Å²) in [4.78, 5) is 10.7. The quantitative estimate of drug-likeness (QED) is 0.897. The SMILES string of the molecule is CC(=O)N1N=C(N)SC1(C)CS(=O)(=O)c1ccc(Cl)cc1. The Hall–Kier alpha value is -1.25. The molecule has 0 fully saturated rings. The number of nitrogens with two attached hydrogens (primary N) is 1. The van der Waals surface area contributed by atoms with E-state index >= 15 is 0 Å². The van der Waals surface area contributed by atoms with Crippen LogP contribution in [0, 0.1) is 0 Å². The summed E-state index contributed by atoms with van der Waals surface area (Å²) in [5.74, 6) is -0.660. The maximum atomic E-state index is 12.5. The van der Waals surface area contributed by atoms with Crippen LogP contribution in [0.3, 0.4) is 0 Å². The molecule has 114 valence electrons. The molecule has 1 aromatic carbocycles. The van der Waals surface area contributed by atoms with Gasteiger partial charge in [-0.3, -0.25) is 4.79 Å². The number of carbonyl (C=O) groups is 1. The number of hydrogen-bond donors (Lipinski definition) is 1. The van der Waals surface area contributed by atoms with E-state index in [9.17, 15) is 13.2 Å². The van der Waals surface area contributed by atoms with Gasteiger partial charge in [0.1, 0.15) is 4.87 Å². The van der Waals surface area contributed by atoms with Gasteiger partial charge in [-0.05, 0) is 31.2 Å². The summed E-state index contributed by atoms with van der Waals surface area (Å²) in [7, 11) is -3.61. The molecule has 0 spiro atoms. The first kappa shape index (κ1) is 16.1. The van der Waals surface area contributed by atoms with Gasteiger partial charge in [-0.1, -0.05) is 23.4 Å². The lowest BCUT2D eigenvalue weighted by Crippen LogP contribution is -2.45. The van der Waals surface area contributed by atoms with Crippen molar-refractivity contribution in [3.05, 3.63) is 29.3 Å². The van der Waals surface area contributed by atoms with E-state index in [2.05, 4.69) is 5.10 Å². The van der Waals surface area contributed by atoms with Crippen molar-refractivity contribution < 1.29 is 13.2 Å². The monoisotopic (exact) mass is 347 g/mol. The van der Waals surface area contributed by atoms with Crippen LogP contribution in [0.4, 0.5) is 0 Å². The zero-order valence-corrected chi connectivity index (χ0v) is 13.8. The van der Waals surface area contributed by atoms with Crippen LogP contribution >= 0.6 is 23.4 Å². The maximum Gasteiger partial charge on any atom is 0.240 e. The molecular formula is C12H14ClN3O3S2. The van der Waals surface area contributed by atoms with Gasteiger partial charge in [-0.15, -0.1) is 5.10 Å². The number of carbonyl (C=O) groups excluding carboxylic acids is 1. The third-order valence-corrected chi connectivity index (χ3v) is 6.31. The van der Waals surface area contributed by atoms with Crippen molar-refractivity contribution in [2.45, 2.75) is 23.6 Å². The molecule has 1 heterocycles. The van der Waals surface area contributed by atoms with Gasteiger partial charge in [0.05, 0.1) is 10.6 Å². The average Bonchev–Trinajstić information content (AvgIpc) is 2.64. The Morgan fingerprint density at radius 3 is 2.52 bits per heavy atom. The summed E-state index contributed by atoms with van der Waals surface area (Å²) in [5.41, 5.74) is 5.62. The molecular weight excluding hydrogens is 334 g/mol. The number of rotatable bonds is 3. The lowest BCUT2D eigenvalue weighted by molar-refractivity contribution is -0.131. The fourth-order valence-corrected chi connectivity index (χ4v) is 5.27. The fraction of sp³-hybridized carbons (Fsp3) is 0.333. The molecule has 1 aliphatic heterocycles. The summed E-state index contributed by atoms with van der Waals surface area (Å²) in [6, 6.07) is 5.88. The van der Waals surface area contributed by atoms with Crippen molar-refractivity contribution in [2.75, 3.05) is 5.75 Å². The van der Waals surface area contributed by atoms with E-state index in [0.717, 1.165) is 16.8 Å². The number of halogens is 1. The minimum absolute atomic E-state index is 0.141. The van der Waals surface area contributed by atoms with E-state index in [0.29, 0.717) is 5.02 Å². The second kappa shape index (κ2) is 5.51. The molecule has 1 aromatic rings. The van der Waals surface area contributed by atoms with E-state index in [1.165, 1.54) is 31.2 Å². The second-order valence-corrected chi connectivity index (χ2v) is 8.69. The molecule has 21 heavy (non-hydrogen) atoms. The van der Waals surface area contributed by atoms with Crippen LogP contribution in [0.5, 0.6) is 0 Å². The highest BCUT2D eigenvalue weighted by Gasteiger charge is 2.45. The Morgan fingerprint density at radius 1 is 1.43 bits per heavy atom. The van der Waals surface area contributed by atoms with Gasteiger partial charge >= 0.3 is 0 Å². The molecule has 1 aliphatic rings. The molecule has 0 saturated heterocycles. The van der Waals surface area contributed by atoms with E-state index in [1.54, 1.807) is 6.92 Å². The molecule has 0 saturated carbocycles. The predicted octanol–water partition coefficient (Wildman–Crippen LogP) is 1.65. The summed E-state index contributed by atoms with van der Waals surface area (Å²) >= 11 is 6.81. The minimum atomic E-state index is -3.61. The normalized spacial score (nSPS) is 22.2. The van der Waals surface area contributed by atoms with Crippen LogP contribution in [0.25, 0.3) is 0 Å². The van der Waals surface area contributed by atoms with Crippen molar-refractivity contribution in [3.8, 4) is 0 Å². The van der Waals surface area contributed by atoms with Crippen LogP contribution in [-0.2, 0) is 14.6 Å². The number of hydrazone groups is 1. The van der Waals surface area contributed by atoms with Gasteiger partial charge in [-0.25, -0.2) is 13.4 Å². The van der Waals surface area contributed by atoms with Crippen LogP contribution in [0.2, 0.25) is 5.02 Å². The second-order valence-electron chi connectivity index (χ2n) is 4.76. The van der Waals surface area contributed by atoms with E-state index in [1.807, 2.05) is 0 Å². The van der Waals surface area contributed by atoms with Gasteiger partial charge in [0.25, 0.3) is 0 Å². The fourth-order valence-electron chi connectivity index (χ4n) is 2.07. The molecule has 0 aromatic heterocycles. The van der Waals surface area contributed by atoms with Crippen LogP contribution in [-0.4, -0.2) is 35.1 Å². The van der Waals surface area contributed by atoms with Crippen molar-refractivity contribution in [3.63, 3.8) is 0 Å². The van der Waals surface area contributed by atoms with Crippen molar-refractivity contribution >= 4 is 44.3 Å². The van der Waals surface area contributed by atoms with Crippen LogP contribution < -0.4 is 5.73 Å². The lowest BCUT2D eigenvalue weighted by Gasteiger charge is -2.30. The highest BCUT2D eigenvalue weighted by Crippen LogP contribution is 2.38. The summed E-state index contributed by atoms with van der Waals surface area (Å²) in [6.07, 6.45) is 0. The number of thioether (sulfide) groups is 1. The molecule has 6 nitrogen and oxygen atoms in total. The third kappa shape index (κ3) is 3.33.